The van der Waals surface area contributed by atoms with Crippen LogP contribution in [0.5, 0.6) is 5.75 Å². The van der Waals surface area contributed by atoms with Crippen molar-refractivity contribution in [1.82, 2.24) is 4.98 Å². The summed E-state index contributed by atoms with van der Waals surface area (Å²) in [6.45, 7) is 6.01. The van der Waals surface area contributed by atoms with Crippen LogP contribution >= 0.6 is 15.9 Å². The van der Waals surface area contributed by atoms with Gasteiger partial charge < -0.3 is 14.5 Å². The van der Waals surface area contributed by atoms with Gasteiger partial charge in [-0.15, -0.1) is 0 Å². The molecule has 1 aromatic heterocycles. The molecule has 5 nitrogen and oxygen atoms in total. The Bertz CT molecular complexity index is 1590. The van der Waals surface area contributed by atoms with Gasteiger partial charge in [0.2, 0.25) is 5.89 Å². The number of nitrogens with zero attached hydrogens (tertiary/aromatic N) is 1. The quantitative estimate of drug-likeness (QED) is 0.268. The van der Waals surface area contributed by atoms with Crippen molar-refractivity contribution in [2.45, 2.75) is 20.8 Å². The highest BCUT2D eigenvalue weighted by Gasteiger charge is 2.20. The molecule has 0 aliphatic rings. The number of hydrogen-bond acceptors (Lipinski definition) is 4. The maximum atomic E-state index is 13.4. The fourth-order valence-electron chi connectivity index (χ4n) is 4.34. The van der Waals surface area contributed by atoms with Crippen LogP contribution in [0.4, 0.5) is 5.69 Å². The molecule has 5 aromatic rings. The van der Waals surface area contributed by atoms with Gasteiger partial charge in [-0.2, -0.15) is 0 Å². The maximum absolute atomic E-state index is 13.4. The van der Waals surface area contributed by atoms with Gasteiger partial charge in [-0.1, -0.05) is 36.4 Å². The third kappa shape index (κ3) is 3.74. The summed E-state index contributed by atoms with van der Waals surface area (Å²) in [5.41, 5.74) is 6.62. The normalized spacial score (nSPS) is 11.2. The van der Waals surface area contributed by atoms with Gasteiger partial charge in [-0.25, -0.2) is 4.98 Å². The minimum absolute atomic E-state index is 0.257. The highest BCUT2D eigenvalue weighted by molar-refractivity contribution is 9.10. The number of benzene rings is 4. The second kappa shape index (κ2) is 8.61. The van der Waals surface area contributed by atoms with Crippen molar-refractivity contribution in [2.75, 3.05) is 12.4 Å². The molecule has 0 spiro atoms. The smallest absolute Gasteiger partial charge is 0.259 e. The summed E-state index contributed by atoms with van der Waals surface area (Å²) in [6.07, 6.45) is 0. The number of ether oxygens (including phenoxy) is 1. The van der Waals surface area contributed by atoms with E-state index in [1.807, 2.05) is 75.4 Å². The molecule has 0 aliphatic heterocycles. The molecule has 0 saturated carbocycles. The van der Waals surface area contributed by atoms with Crippen molar-refractivity contribution in [3.63, 3.8) is 0 Å². The fourth-order valence-corrected chi connectivity index (χ4v) is 5.07. The van der Waals surface area contributed by atoms with Crippen LogP contribution in [0.2, 0.25) is 0 Å². The van der Waals surface area contributed by atoms with E-state index in [2.05, 4.69) is 27.3 Å². The van der Waals surface area contributed by atoms with E-state index in [1.165, 1.54) is 0 Å². The minimum Gasteiger partial charge on any atom is -0.495 e. The summed E-state index contributed by atoms with van der Waals surface area (Å²) in [5.74, 6) is 0.769. The van der Waals surface area contributed by atoms with Crippen molar-refractivity contribution in [3.05, 3.63) is 87.4 Å². The number of carbonyl (C=O) groups is 1. The van der Waals surface area contributed by atoms with E-state index in [4.69, 9.17) is 14.1 Å². The molecule has 0 saturated heterocycles. The topological polar surface area (TPSA) is 64.4 Å². The van der Waals surface area contributed by atoms with Crippen molar-refractivity contribution < 1.29 is 13.9 Å². The monoisotopic (exact) mass is 514 g/mol. The predicted molar refractivity (Wildman–Crippen MR) is 140 cm³/mol. The number of halogens is 1. The SMILES string of the molecule is COc1c(C(=O)Nc2cccc(-c3nc4cc(C)cc(C)c4o3)c2C)cc2ccccc2c1Br. The molecular formula is C28H23BrN2O3. The van der Waals surface area contributed by atoms with Crippen molar-refractivity contribution in [2.24, 2.45) is 0 Å². The Labute approximate surface area is 205 Å². The van der Waals surface area contributed by atoms with Crippen LogP contribution in [0.3, 0.4) is 0 Å². The van der Waals surface area contributed by atoms with E-state index in [-0.39, 0.29) is 5.91 Å². The number of oxazole rings is 1. The molecule has 1 N–H and O–H groups in total. The van der Waals surface area contributed by atoms with Gasteiger partial charge in [-0.05, 0) is 88.4 Å². The lowest BCUT2D eigenvalue weighted by atomic mass is 10.0. The molecule has 4 aromatic carbocycles. The lowest BCUT2D eigenvalue weighted by molar-refractivity contribution is 0.102. The van der Waals surface area contributed by atoms with E-state index >= 15 is 0 Å². The Morgan fingerprint density at radius 3 is 2.62 bits per heavy atom. The Kier molecular flexibility index (Phi) is 5.62. The van der Waals surface area contributed by atoms with E-state index in [1.54, 1.807) is 7.11 Å². The van der Waals surface area contributed by atoms with Crippen molar-refractivity contribution in [3.8, 4) is 17.2 Å². The summed E-state index contributed by atoms with van der Waals surface area (Å²) < 4.78 is 12.5. The number of aryl methyl sites for hydroxylation is 2. The first-order valence-electron chi connectivity index (χ1n) is 10.9. The zero-order valence-corrected chi connectivity index (χ0v) is 20.9. The minimum atomic E-state index is -0.257. The molecule has 0 unspecified atom stereocenters. The first-order valence-corrected chi connectivity index (χ1v) is 11.7. The highest BCUT2D eigenvalue weighted by Crippen LogP contribution is 2.37. The standard InChI is InChI=1S/C28H23BrN2O3/c1-15-12-16(2)25-23(13-15)31-28(34-25)19-10-7-11-22(17(19)3)30-27(32)21-14-18-8-5-6-9-20(18)24(29)26(21)33-4/h5-14H,1-4H3,(H,30,32). The molecule has 6 heteroatoms. The van der Waals surface area contributed by atoms with E-state index in [0.29, 0.717) is 22.9 Å². The number of nitrogens with one attached hydrogen (secondary N) is 1. The van der Waals surface area contributed by atoms with Gasteiger partial charge in [0.25, 0.3) is 5.91 Å². The summed E-state index contributed by atoms with van der Waals surface area (Å²) in [6, 6.07) is 19.5. The van der Waals surface area contributed by atoms with Gasteiger partial charge in [0.1, 0.15) is 11.3 Å². The Hall–Kier alpha value is -3.64. The molecule has 0 fully saturated rings. The summed E-state index contributed by atoms with van der Waals surface area (Å²) in [5, 5.41) is 4.98. The van der Waals surface area contributed by atoms with Crippen LogP contribution in [0.25, 0.3) is 33.3 Å². The van der Waals surface area contributed by atoms with Crippen LogP contribution in [-0.4, -0.2) is 18.0 Å². The largest absolute Gasteiger partial charge is 0.495 e. The third-order valence-electron chi connectivity index (χ3n) is 6.02. The Morgan fingerprint density at radius 1 is 1.03 bits per heavy atom. The van der Waals surface area contributed by atoms with Gasteiger partial charge >= 0.3 is 0 Å². The molecule has 170 valence electrons. The summed E-state index contributed by atoms with van der Waals surface area (Å²) >= 11 is 3.61. The average Bonchev–Trinajstić information content (AvgIpc) is 3.24. The van der Waals surface area contributed by atoms with Crippen LogP contribution in [0.1, 0.15) is 27.0 Å². The number of anilines is 1. The zero-order chi connectivity index (χ0) is 24.0. The number of fused-ring (bicyclic) bond motifs is 2. The molecule has 0 aliphatic carbocycles. The Morgan fingerprint density at radius 2 is 1.82 bits per heavy atom. The van der Waals surface area contributed by atoms with Gasteiger partial charge in [-0.3, -0.25) is 4.79 Å². The van der Waals surface area contributed by atoms with Crippen molar-refractivity contribution >= 4 is 49.4 Å². The lowest BCUT2D eigenvalue weighted by Gasteiger charge is -2.15. The number of rotatable bonds is 4. The van der Waals surface area contributed by atoms with Crippen molar-refractivity contribution in [1.29, 1.82) is 0 Å². The van der Waals surface area contributed by atoms with Crippen LogP contribution in [-0.2, 0) is 0 Å². The molecule has 1 heterocycles. The number of methoxy groups -OCH3 is 1. The van der Waals surface area contributed by atoms with E-state index < -0.39 is 0 Å². The third-order valence-corrected chi connectivity index (χ3v) is 6.81. The maximum Gasteiger partial charge on any atom is 0.259 e. The molecule has 1 amide bonds. The number of hydrogen-bond donors (Lipinski definition) is 1. The summed E-state index contributed by atoms with van der Waals surface area (Å²) in [4.78, 5) is 18.1. The van der Waals surface area contributed by atoms with Crippen LogP contribution in [0, 0.1) is 20.8 Å². The highest BCUT2D eigenvalue weighted by atomic mass is 79.9. The van der Waals surface area contributed by atoms with Gasteiger partial charge in [0, 0.05) is 11.3 Å². The number of amides is 1. The first-order chi connectivity index (χ1) is 16.4. The predicted octanol–water partition coefficient (Wildman–Crippen LogP) is 7.60. The molecular weight excluding hydrogens is 492 g/mol. The van der Waals surface area contributed by atoms with E-state index in [0.717, 1.165) is 48.6 Å². The molecule has 0 bridgehead atoms. The number of carbonyl (C=O) groups excluding carboxylic acids is 1. The zero-order valence-electron chi connectivity index (χ0n) is 19.3. The van der Waals surface area contributed by atoms with E-state index in [9.17, 15) is 4.79 Å². The molecule has 5 rings (SSSR count). The molecule has 0 radical (unpaired) electrons. The molecule has 0 atom stereocenters. The van der Waals surface area contributed by atoms with Crippen LogP contribution < -0.4 is 10.1 Å². The molecule has 34 heavy (non-hydrogen) atoms. The second-order valence-electron chi connectivity index (χ2n) is 8.37. The lowest BCUT2D eigenvalue weighted by Crippen LogP contribution is -2.14. The Balaban J connectivity index is 1.54. The van der Waals surface area contributed by atoms with Crippen LogP contribution in [0.15, 0.2) is 69.6 Å². The average molecular weight is 515 g/mol. The first kappa shape index (κ1) is 22.2. The number of aromatic nitrogens is 1. The summed E-state index contributed by atoms with van der Waals surface area (Å²) in [7, 11) is 1.56. The fraction of sp³-hybridized carbons (Fsp3) is 0.143. The van der Waals surface area contributed by atoms with Gasteiger partial charge in [0.15, 0.2) is 5.58 Å². The van der Waals surface area contributed by atoms with Gasteiger partial charge in [0.05, 0.1) is 17.1 Å². The second-order valence-corrected chi connectivity index (χ2v) is 9.17.